The van der Waals surface area contributed by atoms with E-state index in [0.29, 0.717) is 5.56 Å². The van der Waals surface area contributed by atoms with E-state index in [1.807, 2.05) is 0 Å². The normalized spacial score (nSPS) is 12.2. The summed E-state index contributed by atoms with van der Waals surface area (Å²) in [5.74, 6) is -0.845. The number of rotatable bonds is 3. The zero-order chi connectivity index (χ0) is 13.1. The molecule has 0 fully saturated rings. The molecular formula is C14H12ClF2N. The Balaban J connectivity index is 2.24. The van der Waals surface area contributed by atoms with Crippen molar-refractivity contribution >= 4 is 17.3 Å². The van der Waals surface area contributed by atoms with Crippen molar-refractivity contribution in [1.29, 1.82) is 0 Å². The summed E-state index contributed by atoms with van der Waals surface area (Å²) in [4.78, 5) is 0. The molecule has 94 valence electrons. The van der Waals surface area contributed by atoms with Gasteiger partial charge in [0.25, 0.3) is 0 Å². The van der Waals surface area contributed by atoms with Crippen LogP contribution in [0.2, 0.25) is 5.02 Å². The topological polar surface area (TPSA) is 12.0 Å². The SMILES string of the molecule is CC(Nc1cccc(Cl)c1F)c1ccccc1F. The zero-order valence-electron chi connectivity index (χ0n) is 9.75. The lowest BCUT2D eigenvalue weighted by molar-refractivity contribution is 0.596. The highest BCUT2D eigenvalue weighted by atomic mass is 35.5. The maximum absolute atomic E-state index is 13.7. The van der Waals surface area contributed by atoms with Gasteiger partial charge in [-0.1, -0.05) is 35.9 Å². The first-order valence-corrected chi connectivity index (χ1v) is 5.92. The van der Waals surface area contributed by atoms with E-state index >= 15 is 0 Å². The van der Waals surface area contributed by atoms with E-state index in [-0.39, 0.29) is 22.6 Å². The predicted molar refractivity (Wildman–Crippen MR) is 69.8 cm³/mol. The van der Waals surface area contributed by atoms with Crippen LogP contribution in [-0.4, -0.2) is 0 Å². The summed E-state index contributed by atoms with van der Waals surface area (Å²) in [6.45, 7) is 1.76. The first-order chi connectivity index (χ1) is 8.59. The van der Waals surface area contributed by atoms with E-state index in [1.165, 1.54) is 12.1 Å². The third kappa shape index (κ3) is 2.62. The summed E-state index contributed by atoms with van der Waals surface area (Å²) in [5.41, 5.74) is 0.745. The maximum Gasteiger partial charge on any atom is 0.164 e. The second kappa shape index (κ2) is 5.36. The molecule has 0 aliphatic rings. The molecule has 0 bridgehead atoms. The van der Waals surface area contributed by atoms with Crippen molar-refractivity contribution < 1.29 is 8.78 Å². The lowest BCUT2D eigenvalue weighted by atomic mass is 10.1. The number of halogens is 3. The lowest BCUT2D eigenvalue weighted by Crippen LogP contribution is -2.09. The minimum absolute atomic E-state index is 0.0423. The monoisotopic (exact) mass is 267 g/mol. The summed E-state index contributed by atoms with van der Waals surface area (Å²) in [7, 11) is 0. The van der Waals surface area contributed by atoms with Crippen LogP contribution in [0.4, 0.5) is 14.5 Å². The second-order valence-electron chi connectivity index (χ2n) is 3.99. The van der Waals surface area contributed by atoms with Crippen molar-refractivity contribution in [2.24, 2.45) is 0 Å². The van der Waals surface area contributed by atoms with Gasteiger partial charge >= 0.3 is 0 Å². The molecule has 0 amide bonds. The van der Waals surface area contributed by atoms with Gasteiger partial charge in [-0.25, -0.2) is 8.78 Å². The quantitative estimate of drug-likeness (QED) is 0.843. The predicted octanol–water partition coefficient (Wildman–Crippen LogP) is 4.79. The fourth-order valence-electron chi connectivity index (χ4n) is 1.75. The molecular weight excluding hydrogens is 256 g/mol. The van der Waals surface area contributed by atoms with Gasteiger partial charge in [0.05, 0.1) is 16.8 Å². The minimum atomic E-state index is -0.526. The van der Waals surface area contributed by atoms with E-state index in [0.717, 1.165) is 0 Å². The first kappa shape index (κ1) is 12.8. The average Bonchev–Trinajstić information content (AvgIpc) is 2.35. The summed E-state index contributed by atoms with van der Waals surface area (Å²) < 4.78 is 27.3. The molecule has 1 nitrogen and oxygen atoms in total. The third-order valence-electron chi connectivity index (χ3n) is 2.70. The smallest absolute Gasteiger partial charge is 0.164 e. The van der Waals surface area contributed by atoms with Crippen LogP contribution < -0.4 is 5.32 Å². The Kier molecular flexibility index (Phi) is 3.82. The van der Waals surface area contributed by atoms with Gasteiger partial charge in [-0.05, 0) is 25.1 Å². The van der Waals surface area contributed by atoms with E-state index in [4.69, 9.17) is 11.6 Å². The van der Waals surface area contributed by atoms with Crippen molar-refractivity contribution in [2.75, 3.05) is 5.32 Å². The van der Waals surface area contributed by atoms with Crippen LogP contribution in [0.25, 0.3) is 0 Å². The van der Waals surface area contributed by atoms with Crippen molar-refractivity contribution in [3.8, 4) is 0 Å². The summed E-state index contributed by atoms with van der Waals surface area (Å²) >= 11 is 5.69. The number of hydrogen-bond acceptors (Lipinski definition) is 1. The highest BCUT2D eigenvalue weighted by Gasteiger charge is 2.13. The maximum atomic E-state index is 13.7. The number of benzene rings is 2. The zero-order valence-corrected chi connectivity index (χ0v) is 10.5. The van der Waals surface area contributed by atoms with Crippen LogP contribution in [0.1, 0.15) is 18.5 Å². The fraction of sp³-hybridized carbons (Fsp3) is 0.143. The van der Waals surface area contributed by atoms with Gasteiger partial charge < -0.3 is 5.32 Å². The Hall–Kier alpha value is -1.61. The molecule has 0 saturated carbocycles. The number of nitrogens with one attached hydrogen (secondary N) is 1. The Morgan fingerprint density at radius 2 is 1.78 bits per heavy atom. The standard InChI is InChI=1S/C14H12ClF2N/c1-9(10-5-2-3-7-12(10)16)18-13-8-4-6-11(15)14(13)17/h2-9,18H,1H3. The molecule has 18 heavy (non-hydrogen) atoms. The highest BCUT2D eigenvalue weighted by molar-refractivity contribution is 6.31. The van der Waals surface area contributed by atoms with Crippen molar-refractivity contribution in [1.82, 2.24) is 0 Å². The first-order valence-electron chi connectivity index (χ1n) is 5.54. The van der Waals surface area contributed by atoms with Crippen LogP contribution in [0, 0.1) is 11.6 Å². The Morgan fingerprint density at radius 1 is 1.06 bits per heavy atom. The Bertz CT molecular complexity index is 557. The van der Waals surface area contributed by atoms with Crippen molar-refractivity contribution in [2.45, 2.75) is 13.0 Å². The van der Waals surface area contributed by atoms with E-state index in [9.17, 15) is 8.78 Å². The van der Waals surface area contributed by atoms with Gasteiger partial charge in [-0.15, -0.1) is 0 Å². The molecule has 0 radical (unpaired) electrons. The molecule has 0 saturated heterocycles. The fourth-order valence-corrected chi connectivity index (χ4v) is 1.93. The van der Waals surface area contributed by atoms with E-state index < -0.39 is 5.82 Å². The van der Waals surface area contributed by atoms with Crippen LogP contribution >= 0.6 is 11.6 Å². The second-order valence-corrected chi connectivity index (χ2v) is 4.40. The summed E-state index contributed by atoms with van der Waals surface area (Å²) in [6, 6.07) is 10.7. The average molecular weight is 268 g/mol. The molecule has 4 heteroatoms. The van der Waals surface area contributed by atoms with Gasteiger partial charge in [-0.3, -0.25) is 0 Å². The lowest BCUT2D eigenvalue weighted by Gasteiger charge is -2.17. The Morgan fingerprint density at radius 3 is 2.50 bits per heavy atom. The molecule has 0 aliphatic carbocycles. The van der Waals surface area contributed by atoms with Crippen LogP contribution in [0.15, 0.2) is 42.5 Å². The number of anilines is 1. The van der Waals surface area contributed by atoms with Crippen LogP contribution in [0.3, 0.4) is 0 Å². The van der Waals surface area contributed by atoms with Gasteiger partial charge in [0, 0.05) is 5.56 Å². The molecule has 1 N–H and O–H groups in total. The van der Waals surface area contributed by atoms with Gasteiger partial charge in [0.2, 0.25) is 0 Å². The van der Waals surface area contributed by atoms with Crippen LogP contribution in [0.5, 0.6) is 0 Å². The minimum Gasteiger partial charge on any atom is -0.376 e. The highest BCUT2D eigenvalue weighted by Crippen LogP contribution is 2.26. The third-order valence-corrected chi connectivity index (χ3v) is 2.99. The van der Waals surface area contributed by atoms with Crippen molar-refractivity contribution in [3.63, 3.8) is 0 Å². The van der Waals surface area contributed by atoms with E-state index in [1.54, 1.807) is 37.3 Å². The molecule has 1 atom stereocenters. The van der Waals surface area contributed by atoms with Crippen LogP contribution in [-0.2, 0) is 0 Å². The summed E-state index contributed by atoms with van der Waals surface area (Å²) in [6.07, 6.45) is 0. The molecule has 2 aromatic carbocycles. The molecule has 2 aromatic rings. The summed E-state index contributed by atoms with van der Waals surface area (Å²) in [5, 5.41) is 2.95. The van der Waals surface area contributed by atoms with Gasteiger partial charge in [0.15, 0.2) is 5.82 Å². The molecule has 2 rings (SSSR count). The Labute approximate surface area is 109 Å². The molecule has 0 aliphatic heterocycles. The largest absolute Gasteiger partial charge is 0.376 e. The molecule has 0 spiro atoms. The van der Waals surface area contributed by atoms with Crippen molar-refractivity contribution in [3.05, 3.63) is 64.7 Å². The van der Waals surface area contributed by atoms with Gasteiger partial charge in [0.1, 0.15) is 5.82 Å². The molecule has 0 aromatic heterocycles. The molecule has 0 heterocycles. The van der Waals surface area contributed by atoms with E-state index in [2.05, 4.69) is 5.32 Å². The molecule has 1 unspecified atom stereocenters. The van der Waals surface area contributed by atoms with Gasteiger partial charge in [-0.2, -0.15) is 0 Å². The number of hydrogen-bond donors (Lipinski definition) is 1.